The number of para-hydroxylation sites is 2. The second-order valence-corrected chi connectivity index (χ2v) is 10.7. The summed E-state index contributed by atoms with van der Waals surface area (Å²) in [6.07, 6.45) is 5.27. The fraction of sp³-hybridized carbons (Fsp3) is 0.133. The Labute approximate surface area is 238 Å². The van der Waals surface area contributed by atoms with Crippen LogP contribution in [-0.2, 0) is 27.3 Å². The molecule has 0 bridgehead atoms. The van der Waals surface area contributed by atoms with Crippen LogP contribution < -0.4 is 15.1 Å². The van der Waals surface area contributed by atoms with Crippen LogP contribution in [0.2, 0.25) is 0 Å². The van der Waals surface area contributed by atoms with Crippen LogP contribution in [0.1, 0.15) is 17.5 Å². The molecule has 0 spiro atoms. The Morgan fingerprint density at radius 3 is 2.56 bits per heavy atom. The second-order valence-electron chi connectivity index (χ2n) is 9.44. The Kier molecular flexibility index (Phi) is 6.62. The van der Waals surface area contributed by atoms with Crippen molar-refractivity contribution >= 4 is 79.3 Å². The smallest absolute Gasteiger partial charge is 0.270 e. The number of halogens is 1. The van der Waals surface area contributed by atoms with E-state index in [0.717, 1.165) is 33.9 Å². The van der Waals surface area contributed by atoms with Crippen molar-refractivity contribution in [3.05, 3.63) is 100 Å². The van der Waals surface area contributed by atoms with Crippen molar-refractivity contribution in [1.82, 2.24) is 9.88 Å². The third-order valence-electron chi connectivity index (χ3n) is 7.02. The SMILES string of the molecule is O=C1NC(=S)N(c2ccc(Br)cc2)C(=O)/C1=C/c1cn(CC(=O)N2CCCc3ccccc32)c2ccccc12. The summed E-state index contributed by atoms with van der Waals surface area (Å²) in [6.45, 7) is 0.805. The second kappa shape index (κ2) is 10.2. The molecule has 3 amide bonds. The number of thiocarbonyl (C=S) groups is 1. The van der Waals surface area contributed by atoms with Crippen LogP contribution >= 0.6 is 28.1 Å². The first kappa shape index (κ1) is 25.2. The van der Waals surface area contributed by atoms with Gasteiger partial charge in [-0.3, -0.25) is 24.6 Å². The Morgan fingerprint density at radius 1 is 1.00 bits per heavy atom. The molecule has 3 aromatic carbocycles. The lowest BCUT2D eigenvalue weighted by atomic mass is 10.0. The monoisotopic (exact) mass is 598 g/mol. The molecule has 1 aromatic heterocycles. The van der Waals surface area contributed by atoms with E-state index in [0.29, 0.717) is 17.8 Å². The van der Waals surface area contributed by atoms with Crippen molar-refractivity contribution in [2.24, 2.45) is 0 Å². The molecule has 194 valence electrons. The zero-order valence-corrected chi connectivity index (χ0v) is 23.2. The highest BCUT2D eigenvalue weighted by molar-refractivity contribution is 9.10. The number of benzene rings is 3. The highest BCUT2D eigenvalue weighted by Crippen LogP contribution is 2.30. The van der Waals surface area contributed by atoms with Crippen molar-refractivity contribution in [3.63, 3.8) is 0 Å². The summed E-state index contributed by atoms with van der Waals surface area (Å²) >= 11 is 8.71. The van der Waals surface area contributed by atoms with Gasteiger partial charge in [-0.15, -0.1) is 0 Å². The van der Waals surface area contributed by atoms with Crippen molar-refractivity contribution in [2.75, 3.05) is 16.3 Å². The Morgan fingerprint density at radius 2 is 1.74 bits per heavy atom. The minimum Gasteiger partial charge on any atom is -0.337 e. The summed E-state index contributed by atoms with van der Waals surface area (Å²) in [5, 5.41) is 3.49. The molecule has 1 fully saturated rings. The van der Waals surface area contributed by atoms with Gasteiger partial charge in [0, 0.05) is 39.4 Å². The van der Waals surface area contributed by atoms with E-state index in [1.807, 2.05) is 58.1 Å². The molecule has 7 nitrogen and oxygen atoms in total. The van der Waals surface area contributed by atoms with Gasteiger partial charge in [0.15, 0.2) is 5.11 Å². The lowest BCUT2D eigenvalue weighted by molar-refractivity contribution is -0.122. The molecule has 39 heavy (non-hydrogen) atoms. The largest absolute Gasteiger partial charge is 0.337 e. The minimum atomic E-state index is -0.559. The van der Waals surface area contributed by atoms with E-state index >= 15 is 0 Å². The maximum Gasteiger partial charge on any atom is 0.270 e. The third kappa shape index (κ3) is 4.68. The molecular formula is C30H23BrN4O3S. The molecule has 0 saturated carbocycles. The number of rotatable bonds is 4. The predicted molar refractivity (Wildman–Crippen MR) is 159 cm³/mol. The number of anilines is 2. The summed E-state index contributed by atoms with van der Waals surface area (Å²) in [6, 6.07) is 22.8. The van der Waals surface area contributed by atoms with E-state index in [9.17, 15) is 14.4 Å². The quantitative estimate of drug-likeness (QED) is 0.199. The number of carbonyl (C=O) groups excluding carboxylic acids is 3. The molecule has 0 unspecified atom stereocenters. The molecule has 1 N–H and O–H groups in total. The molecule has 0 radical (unpaired) electrons. The number of aromatic nitrogens is 1. The lowest BCUT2D eigenvalue weighted by Gasteiger charge is -2.29. The number of aryl methyl sites for hydroxylation is 1. The van der Waals surface area contributed by atoms with Crippen molar-refractivity contribution in [1.29, 1.82) is 0 Å². The summed E-state index contributed by atoms with van der Waals surface area (Å²) < 4.78 is 2.74. The van der Waals surface area contributed by atoms with Crippen molar-refractivity contribution in [3.8, 4) is 0 Å². The standard InChI is InChI=1S/C30H23BrN4O3S/c31-21-11-13-22(14-12-21)35-29(38)24(28(37)32-30(35)39)16-20-17-33(26-10-4-2-8-23(20)26)18-27(36)34-15-5-7-19-6-1-3-9-25(19)34/h1-4,6,8-14,16-17H,5,7,15,18H2,(H,32,37,39)/b24-16+. The average Bonchev–Trinajstić information content (AvgIpc) is 3.28. The lowest BCUT2D eigenvalue weighted by Crippen LogP contribution is -2.54. The number of hydrogen-bond acceptors (Lipinski definition) is 4. The summed E-state index contributed by atoms with van der Waals surface area (Å²) in [5.41, 5.74) is 4.15. The van der Waals surface area contributed by atoms with Crippen LogP contribution in [0, 0.1) is 0 Å². The minimum absolute atomic E-state index is 0.0136. The van der Waals surface area contributed by atoms with E-state index in [4.69, 9.17) is 12.2 Å². The first-order chi connectivity index (χ1) is 18.9. The van der Waals surface area contributed by atoms with E-state index in [1.165, 1.54) is 10.5 Å². The van der Waals surface area contributed by atoms with Crippen molar-refractivity contribution < 1.29 is 14.4 Å². The van der Waals surface area contributed by atoms with E-state index in [-0.39, 0.29) is 23.1 Å². The maximum absolute atomic E-state index is 13.5. The number of carbonyl (C=O) groups is 3. The van der Waals surface area contributed by atoms with Gasteiger partial charge in [0.1, 0.15) is 12.1 Å². The molecule has 3 heterocycles. The molecule has 2 aliphatic rings. The highest BCUT2D eigenvalue weighted by Gasteiger charge is 2.34. The Balaban J connectivity index is 1.35. The first-order valence-corrected chi connectivity index (χ1v) is 13.7. The van der Waals surface area contributed by atoms with E-state index in [2.05, 4.69) is 27.3 Å². The molecule has 6 rings (SSSR count). The van der Waals surface area contributed by atoms with Gasteiger partial charge in [-0.2, -0.15) is 0 Å². The van der Waals surface area contributed by atoms with Gasteiger partial charge in [-0.25, -0.2) is 0 Å². The summed E-state index contributed by atoms with van der Waals surface area (Å²) in [5.74, 6) is -1.08. The zero-order chi connectivity index (χ0) is 27.1. The highest BCUT2D eigenvalue weighted by atomic mass is 79.9. The van der Waals surface area contributed by atoms with Crippen molar-refractivity contribution in [2.45, 2.75) is 19.4 Å². The van der Waals surface area contributed by atoms with Crippen LogP contribution in [0.3, 0.4) is 0 Å². The van der Waals surface area contributed by atoms with E-state index < -0.39 is 11.8 Å². The molecule has 1 saturated heterocycles. The zero-order valence-electron chi connectivity index (χ0n) is 20.8. The fourth-order valence-corrected chi connectivity index (χ4v) is 5.73. The molecule has 0 aliphatic carbocycles. The molecule has 4 aromatic rings. The van der Waals surface area contributed by atoms with E-state index in [1.54, 1.807) is 30.3 Å². The van der Waals surface area contributed by atoms with Gasteiger partial charge in [0.25, 0.3) is 11.8 Å². The van der Waals surface area contributed by atoms with Gasteiger partial charge >= 0.3 is 0 Å². The number of fused-ring (bicyclic) bond motifs is 2. The van der Waals surface area contributed by atoms with Gasteiger partial charge in [0.2, 0.25) is 5.91 Å². The van der Waals surface area contributed by atoms with Crippen LogP contribution in [0.25, 0.3) is 17.0 Å². The first-order valence-electron chi connectivity index (χ1n) is 12.5. The number of amides is 3. The Bertz CT molecular complexity index is 1690. The third-order valence-corrected chi connectivity index (χ3v) is 7.84. The fourth-order valence-electron chi connectivity index (χ4n) is 5.18. The summed E-state index contributed by atoms with van der Waals surface area (Å²) in [4.78, 5) is 43.1. The van der Waals surface area contributed by atoms with Crippen LogP contribution in [0.15, 0.2) is 89.0 Å². The molecule has 2 aliphatic heterocycles. The Hall–Kier alpha value is -4.08. The van der Waals surface area contributed by atoms with Crippen LogP contribution in [-0.4, -0.2) is 33.9 Å². The maximum atomic E-state index is 13.5. The number of hydrogen-bond donors (Lipinski definition) is 1. The summed E-state index contributed by atoms with van der Waals surface area (Å²) in [7, 11) is 0. The normalized spacial score (nSPS) is 16.5. The van der Waals surface area contributed by atoms with Gasteiger partial charge in [-0.05, 0) is 73.1 Å². The van der Waals surface area contributed by atoms with Gasteiger partial charge in [0.05, 0.1) is 5.69 Å². The van der Waals surface area contributed by atoms with Crippen LogP contribution in [0.4, 0.5) is 11.4 Å². The number of nitrogens with one attached hydrogen (secondary N) is 1. The molecule has 9 heteroatoms. The molecular weight excluding hydrogens is 576 g/mol. The van der Waals surface area contributed by atoms with Gasteiger partial charge in [-0.1, -0.05) is 52.3 Å². The number of nitrogens with zero attached hydrogens (tertiary/aromatic N) is 3. The predicted octanol–water partition coefficient (Wildman–Crippen LogP) is 5.21. The topological polar surface area (TPSA) is 74.6 Å². The van der Waals surface area contributed by atoms with Crippen LogP contribution in [0.5, 0.6) is 0 Å². The van der Waals surface area contributed by atoms with Gasteiger partial charge < -0.3 is 9.47 Å². The average molecular weight is 600 g/mol. The molecule has 0 atom stereocenters.